The van der Waals surface area contributed by atoms with Gasteiger partial charge in [-0.2, -0.15) is 9.40 Å². The maximum absolute atomic E-state index is 13.6. The second-order valence-corrected chi connectivity index (χ2v) is 11.0. The van der Waals surface area contributed by atoms with Crippen LogP contribution in [-0.2, 0) is 23.1 Å². The average molecular weight is 499 g/mol. The Balaban J connectivity index is 1.27. The Labute approximate surface area is 203 Å². The Bertz CT molecular complexity index is 1360. The van der Waals surface area contributed by atoms with Crippen LogP contribution in [0, 0.1) is 5.82 Å². The van der Waals surface area contributed by atoms with Crippen molar-refractivity contribution < 1.29 is 17.6 Å². The molecule has 9 nitrogen and oxygen atoms in total. The van der Waals surface area contributed by atoms with Gasteiger partial charge in [0.2, 0.25) is 10.0 Å². The molecule has 1 fully saturated rings. The number of likely N-dealkylation sites (N-methyl/N-ethyl adjacent to an activating group) is 1. The van der Waals surface area contributed by atoms with Gasteiger partial charge in [0.15, 0.2) is 5.82 Å². The lowest BCUT2D eigenvalue weighted by Crippen LogP contribution is -2.50. The number of nitrogens with zero attached hydrogens (tertiary/aromatic N) is 4. The first-order valence-corrected chi connectivity index (χ1v) is 12.8. The number of aromatic nitrogens is 2. The van der Waals surface area contributed by atoms with Gasteiger partial charge in [0, 0.05) is 49.0 Å². The number of sulfonamides is 1. The van der Waals surface area contributed by atoms with Crippen LogP contribution in [0.1, 0.15) is 28.5 Å². The van der Waals surface area contributed by atoms with Crippen molar-refractivity contribution in [1.29, 1.82) is 0 Å². The monoisotopic (exact) mass is 498 g/mol. The molecule has 35 heavy (non-hydrogen) atoms. The molecule has 3 heterocycles. The van der Waals surface area contributed by atoms with Crippen molar-refractivity contribution in [3.8, 4) is 0 Å². The molecule has 0 bridgehead atoms. The van der Waals surface area contributed by atoms with Crippen molar-refractivity contribution in [1.82, 2.24) is 19.4 Å². The SMILES string of the molecule is CC1CN(c2ccc(C(=O)Nc3n[nH]c4c3CN(S(=O)(=O)c3cccc(F)c3)C4)cc2)CCN1C. The first-order chi connectivity index (χ1) is 16.7. The van der Waals surface area contributed by atoms with Gasteiger partial charge in [-0.15, -0.1) is 0 Å². The molecule has 2 aromatic carbocycles. The molecule has 1 atom stereocenters. The molecule has 1 unspecified atom stereocenters. The minimum atomic E-state index is -3.89. The topological polar surface area (TPSA) is 102 Å². The maximum atomic E-state index is 13.6. The molecule has 2 N–H and O–H groups in total. The average Bonchev–Trinajstić information content (AvgIpc) is 3.43. The first-order valence-electron chi connectivity index (χ1n) is 11.4. The van der Waals surface area contributed by atoms with Crippen molar-refractivity contribution in [3.63, 3.8) is 0 Å². The summed E-state index contributed by atoms with van der Waals surface area (Å²) in [5, 5.41) is 9.76. The summed E-state index contributed by atoms with van der Waals surface area (Å²) in [4.78, 5) is 17.4. The number of halogens is 1. The minimum absolute atomic E-state index is 0.0286. The third-order valence-corrected chi connectivity index (χ3v) is 8.53. The first kappa shape index (κ1) is 23.5. The Morgan fingerprint density at radius 1 is 1.14 bits per heavy atom. The van der Waals surface area contributed by atoms with E-state index in [9.17, 15) is 17.6 Å². The molecule has 0 radical (unpaired) electrons. The van der Waals surface area contributed by atoms with Crippen LogP contribution in [0.25, 0.3) is 0 Å². The fourth-order valence-corrected chi connectivity index (χ4v) is 5.86. The molecule has 1 saturated heterocycles. The lowest BCUT2D eigenvalue weighted by molar-refractivity contribution is 0.102. The summed E-state index contributed by atoms with van der Waals surface area (Å²) in [6.45, 7) is 5.13. The zero-order valence-corrected chi connectivity index (χ0v) is 20.3. The maximum Gasteiger partial charge on any atom is 0.256 e. The normalized spacial score (nSPS) is 19.1. The van der Waals surface area contributed by atoms with Crippen molar-refractivity contribution in [2.24, 2.45) is 0 Å². The van der Waals surface area contributed by atoms with E-state index < -0.39 is 15.8 Å². The van der Waals surface area contributed by atoms with Crippen molar-refractivity contribution in [2.75, 3.05) is 36.9 Å². The highest BCUT2D eigenvalue weighted by molar-refractivity contribution is 7.89. The molecule has 1 aromatic heterocycles. The number of anilines is 2. The highest BCUT2D eigenvalue weighted by atomic mass is 32.2. The third-order valence-electron chi connectivity index (χ3n) is 6.74. The van der Waals surface area contributed by atoms with Crippen molar-refractivity contribution >= 4 is 27.4 Å². The van der Waals surface area contributed by atoms with Crippen molar-refractivity contribution in [3.05, 3.63) is 71.2 Å². The lowest BCUT2D eigenvalue weighted by atomic mass is 10.1. The molecule has 5 rings (SSSR count). The number of carbonyl (C=O) groups excluding carboxylic acids is 1. The molecule has 2 aliphatic rings. The van der Waals surface area contributed by atoms with Gasteiger partial charge in [-0.25, -0.2) is 12.8 Å². The highest BCUT2D eigenvalue weighted by Crippen LogP contribution is 2.32. The van der Waals surface area contributed by atoms with Gasteiger partial charge in [-0.05, 0) is 56.4 Å². The second kappa shape index (κ2) is 9.06. The zero-order valence-electron chi connectivity index (χ0n) is 19.5. The number of nitrogens with one attached hydrogen (secondary N) is 2. The van der Waals surface area contributed by atoms with E-state index in [0.717, 1.165) is 31.4 Å². The van der Waals surface area contributed by atoms with Crippen LogP contribution >= 0.6 is 0 Å². The molecule has 0 spiro atoms. The van der Waals surface area contributed by atoms with Crippen LogP contribution in [0.5, 0.6) is 0 Å². The Morgan fingerprint density at radius 2 is 1.91 bits per heavy atom. The van der Waals surface area contributed by atoms with E-state index in [-0.39, 0.29) is 23.9 Å². The summed E-state index contributed by atoms with van der Waals surface area (Å²) in [5.74, 6) is -0.658. The molecule has 0 saturated carbocycles. The van der Waals surface area contributed by atoms with E-state index in [4.69, 9.17) is 0 Å². The van der Waals surface area contributed by atoms with Gasteiger partial charge in [-0.3, -0.25) is 9.89 Å². The van der Waals surface area contributed by atoms with Gasteiger partial charge in [0.1, 0.15) is 5.82 Å². The number of hydrogen-bond acceptors (Lipinski definition) is 6. The molecule has 2 aliphatic heterocycles. The van der Waals surface area contributed by atoms with Gasteiger partial charge in [0.25, 0.3) is 5.91 Å². The Morgan fingerprint density at radius 3 is 2.63 bits per heavy atom. The quantitative estimate of drug-likeness (QED) is 0.561. The van der Waals surface area contributed by atoms with E-state index in [1.54, 1.807) is 12.1 Å². The molecular weight excluding hydrogens is 471 g/mol. The van der Waals surface area contributed by atoms with Crippen molar-refractivity contribution in [2.45, 2.75) is 31.0 Å². The smallest absolute Gasteiger partial charge is 0.256 e. The number of carbonyl (C=O) groups is 1. The second-order valence-electron chi connectivity index (χ2n) is 9.04. The summed E-state index contributed by atoms with van der Waals surface area (Å²) in [7, 11) is -1.77. The van der Waals surface area contributed by atoms with Gasteiger partial charge in [0.05, 0.1) is 17.1 Å². The van der Waals surface area contributed by atoms with Gasteiger partial charge < -0.3 is 15.1 Å². The largest absolute Gasteiger partial charge is 0.369 e. The number of benzene rings is 2. The molecular formula is C24H27FN6O3S. The van der Waals surface area contributed by atoms with E-state index in [0.29, 0.717) is 28.7 Å². The predicted molar refractivity (Wildman–Crippen MR) is 130 cm³/mol. The molecule has 0 aliphatic carbocycles. The predicted octanol–water partition coefficient (Wildman–Crippen LogP) is 2.65. The zero-order chi connectivity index (χ0) is 24.7. The van der Waals surface area contributed by atoms with Crippen LogP contribution in [0.2, 0.25) is 0 Å². The van der Waals surface area contributed by atoms with E-state index >= 15 is 0 Å². The lowest BCUT2D eigenvalue weighted by Gasteiger charge is -2.39. The number of amides is 1. The van der Waals surface area contributed by atoms with Crippen LogP contribution in [0.15, 0.2) is 53.4 Å². The Kier molecular flexibility index (Phi) is 6.07. The number of piperazine rings is 1. The molecule has 1 amide bonds. The number of fused-ring (bicyclic) bond motifs is 1. The van der Waals surface area contributed by atoms with E-state index in [2.05, 4.69) is 39.3 Å². The molecule has 11 heteroatoms. The number of aromatic amines is 1. The highest BCUT2D eigenvalue weighted by Gasteiger charge is 2.34. The van der Waals surface area contributed by atoms with Gasteiger partial charge in [-0.1, -0.05) is 6.07 Å². The number of hydrogen-bond donors (Lipinski definition) is 2. The number of H-pyrrole nitrogens is 1. The van der Waals surface area contributed by atoms with Crippen LogP contribution < -0.4 is 10.2 Å². The summed E-state index contributed by atoms with van der Waals surface area (Å²) in [6.07, 6.45) is 0. The molecule has 184 valence electrons. The van der Waals surface area contributed by atoms with Crippen LogP contribution in [0.3, 0.4) is 0 Å². The minimum Gasteiger partial charge on any atom is -0.369 e. The summed E-state index contributed by atoms with van der Waals surface area (Å²) in [6, 6.07) is 12.8. The summed E-state index contributed by atoms with van der Waals surface area (Å²) < 4.78 is 40.7. The third kappa shape index (κ3) is 4.54. The fraction of sp³-hybridized carbons (Fsp3) is 0.333. The van der Waals surface area contributed by atoms with Crippen LogP contribution in [0.4, 0.5) is 15.9 Å². The summed E-state index contributed by atoms with van der Waals surface area (Å²) >= 11 is 0. The number of rotatable bonds is 5. The molecule has 3 aromatic rings. The van der Waals surface area contributed by atoms with Gasteiger partial charge >= 0.3 is 0 Å². The fourth-order valence-electron chi connectivity index (χ4n) is 4.45. The van der Waals surface area contributed by atoms with E-state index in [1.165, 1.54) is 22.5 Å². The standard InChI is InChI=1S/C24H27FN6O3S/c1-16-13-30(11-10-29(16)2)19-8-6-17(7-9-19)24(32)26-23-21-14-31(15-22(21)27-28-23)35(33,34)20-5-3-4-18(25)12-20/h3-9,12,16H,10-11,13-15H2,1-2H3,(H2,26,27,28,32). The summed E-state index contributed by atoms with van der Waals surface area (Å²) in [5.41, 5.74) is 2.75. The van der Waals surface area contributed by atoms with Crippen LogP contribution in [-0.4, -0.2) is 66.5 Å². The Hall–Kier alpha value is -3.28. The van der Waals surface area contributed by atoms with E-state index in [1.807, 2.05) is 12.1 Å².